The van der Waals surface area contributed by atoms with Gasteiger partial charge in [0.25, 0.3) is 11.2 Å². The van der Waals surface area contributed by atoms with Crippen molar-refractivity contribution in [3.05, 3.63) is 109 Å². The first kappa shape index (κ1) is 19.8. The number of nitrogens with zero attached hydrogens (tertiary/aromatic N) is 3. The predicted molar refractivity (Wildman–Crippen MR) is 119 cm³/mol. The van der Waals surface area contributed by atoms with Crippen LogP contribution in [0.4, 0.5) is 5.69 Å². The van der Waals surface area contributed by atoms with Crippen molar-refractivity contribution in [1.29, 1.82) is 0 Å². The molecular weight excluding hydrogens is 425 g/mol. The second-order valence-electron chi connectivity index (χ2n) is 6.38. The molecule has 4 aromatic rings. The fourth-order valence-electron chi connectivity index (χ4n) is 3.09. The quantitative estimate of drug-likeness (QED) is 0.299. The minimum absolute atomic E-state index is 0.0323. The number of para-hydroxylation sites is 2. The van der Waals surface area contributed by atoms with E-state index >= 15 is 0 Å². The van der Waals surface area contributed by atoms with Gasteiger partial charge in [-0.15, -0.1) is 0 Å². The lowest BCUT2D eigenvalue weighted by atomic mass is 10.2. The van der Waals surface area contributed by atoms with Crippen LogP contribution in [0.15, 0.2) is 71.5 Å². The summed E-state index contributed by atoms with van der Waals surface area (Å²) in [5, 5.41) is 12.0. The molecule has 3 aromatic carbocycles. The van der Waals surface area contributed by atoms with Crippen LogP contribution < -0.4 is 5.56 Å². The van der Waals surface area contributed by atoms with Crippen molar-refractivity contribution in [2.75, 3.05) is 0 Å². The van der Waals surface area contributed by atoms with Gasteiger partial charge in [-0.1, -0.05) is 59.6 Å². The maximum Gasteiger partial charge on any atom is 0.270 e. The van der Waals surface area contributed by atoms with Gasteiger partial charge < -0.3 is 0 Å². The van der Waals surface area contributed by atoms with E-state index in [2.05, 4.69) is 4.98 Å². The van der Waals surface area contributed by atoms with Crippen LogP contribution in [0.3, 0.4) is 0 Å². The summed E-state index contributed by atoms with van der Waals surface area (Å²) >= 11 is 12.7. The molecule has 1 aromatic heterocycles. The van der Waals surface area contributed by atoms with Crippen LogP contribution >= 0.6 is 23.2 Å². The Morgan fingerprint density at radius 3 is 2.37 bits per heavy atom. The standard InChI is InChI=1S/C22H13Cl2N3O3/c23-17-8-4-9-18(24)21(17)26-20(25-19-10-2-1-7-16(19)22(26)28)12-11-14-5-3-6-15(13-14)27(29)30/h1-13H/b12-11+. The summed E-state index contributed by atoms with van der Waals surface area (Å²) in [6, 6.07) is 18.1. The number of aromatic nitrogens is 2. The van der Waals surface area contributed by atoms with Gasteiger partial charge in [-0.2, -0.15) is 0 Å². The van der Waals surface area contributed by atoms with Crippen LogP contribution in [-0.4, -0.2) is 14.5 Å². The van der Waals surface area contributed by atoms with Gasteiger partial charge in [-0.3, -0.25) is 19.5 Å². The first-order chi connectivity index (χ1) is 14.5. The number of benzene rings is 3. The Morgan fingerprint density at radius 2 is 1.63 bits per heavy atom. The van der Waals surface area contributed by atoms with E-state index in [0.29, 0.717) is 38.0 Å². The molecule has 0 aliphatic heterocycles. The average Bonchev–Trinajstić information content (AvgIpc) is 2.74. The van der Waals surface area contributed by atoms with E-state index in [1.165, 1.54) is 16.7 Å². The number of non-ortho nitro benzene ring substituents is 1. The normalized spacial score (nSPS) is 11.3. The van der Waals surface area contributed by atoms with E-state index in [1.54, 1.807) is 66.7 Å². The fraction of sp³-hybridized carbons (Fsp3) is 0. The third-order valence-corrected chi connectivity index (χ3v) is 5.08. The summed E-state index contributed by atoms with van der Waals surface area (Å²) in [6.45, 7) is 0. The van der Waals surface area contributed by atoms with Gasteiger partial charge >= 0.3 is 0 Å². The molecule has 0 amide bonds. The number of rotatable bonds is 4. The molecule has 148 valence electrons. The smallest absolute Gasteiger partial charge is 0.268 e. The Balaban J connectivity index is 1.96. The van der Waals surface area contributed by atoms with E-state index < -0.39 is 4.92 Å². The molecule has 0 unspecified atom stereocenters. The van der Waals surface area contributed by atoms with Crippen molar-refractivity contribution in [2.45, 2.75) is 0 Å². The third kappa shape index (κ3) is 3.70. The van der Waals surface area contributed by atoms with E-state index in [1.807, 2.05) is 0 Å². The lowest BCUT2D eigenvalue weighted by Gasteiger charge is -2.14. The molecule has 0 saturated carbocycles. The van der Waals surface area contributed by atoms with E-state index in [-0.39, 0.29) is 11.2 Å². The summed E-state index contributed by atoms with van der Waals surface area (Å²) in [6.07, 6.45) is 3.25. The van der Waals surface area contributed by atoms with Gasteiger partial charge in [0.15, 0.2) is 0 Å². The third-order valence-electron chi connectivity index (χ3n) is 4.47. The van der Waals surface area contributed by atoms with E-state index in [0.717, 1.165) is 0 Å². The topological polar surface area (TPSA) is 78.0 Å². The van der Waals surface area contributed by atoms with Crippen molar-refractivity contribution in [1.82, 2.24) is 9.55 Å². The zero-order chi connectivity index (χ0) is 21.3. The largest absolute Gasteiger partial charge is 0.270 e. The fourth-order valence-corrected chi connectivity index (χ4v) is 3.66. The molecule has 8 heteroatoms. The zero-order valence-electron chi connectivity index (χ0n) is 15.3. The second kappa shape index (κ2) is 8.10. The number of fused-ring (bicyclic) bond motifs is 1. The van der Waals surface area contributed by atoms with Gasteiger partial charge in [0, 0.05) is 12.1 Å². The molecule has 0 radical (unpaired) electrons. The molecule has 0 fully saturated rings. The van der Waals surface area contributed by atoms with Crippen LogP contribution in [0.25, 0.3) is 28.7 Å². The summed E-state index contributed by atoms with van der Waals surface area (Å²) < 4.78 is 1.35. The molecule has 0 aliphatic carbocycles. The van der Waals surface area contributed by atoms with Gasteiger partial charge in [-0.25, -0.2) is 4.98 Å². The summed E-state index contributed by atoms with van der Waals surface area (Å²) in [5.74, 6) is 0.292. The minimum Gasteiger partial charge on any atom is -0.268 e. The van der Waals surface area contributed by atoms with Crippen molar-refractivity contribution in [3.63, 3.8) is 0 Å². The Labute approximate surface area is 180 Å². The van der Waals surface area contributed by atoms with Crippen LogP contribution in [0.2, 0.25) is 10.0 Å². The maximum atomic E-state index is 13.3. The molecule has 4 rings (SSSR count). The summed E-state index contributed by atoms with van der Waals surface area (Å²) in [7, 11) is 0. The van der Waals surface area contributed by atoms with Gasteiger partial charge in [0.05, 0.1) is 31.6 Å². The maximum absolute atomic E-state index is 13.3. The van der Waals surface area contributed by atoms with E-state index in [9.17, 15) is 14.9 Å². The van der Waals surface area contributed by atoms with E-state index in [4.69, 9.17) is 23.2 Å². The summed E-state index contributed by atoms with van der Waals surface area (Å²) in [4.78, 5) is 28.4. The summed E-state index contributed by atoms with van der Waals surface area (Å²) in [5.41, 5.74) is 1.07. The molecular formula is C22H13Cl2N3O3. The molecule has 0 N–H and O–H groups in total. The second-order valence-corrected chi connectivity index (χ2v) is 7.20. The lowest BCUT2D eigenvalue weighted by molar-refractivity contribution is -0.384. The molecule has 0 saturated heterocycles. The number of nitro groups is 1. The lowest BCUT2D eigenvalue weighted by Crippen LogP contribution is -2.23. The molecule has 0 bridgehead atoms. The highest BCUT2D eigenvalue weighted by atomic mass is 35.5. The monoisotopic (exact) mass is 437 g/mol. The minimum atomic E-state index is -0.467. The van der Waals surface area contributed by atoms with Gasteiger partial charge in [-0.05, 0) is 35.9 Å². The van der Waals surface area contributed by atoms with Crippen LogP contribution in [0, 0.1) is 10.1 Å². The van der Waals surface area contributed by atoms with Crippen molar-refractivity contribution in [3.8, 4) is 5.69 Å². The molecule has 30 heavy (non-hydrogen) atoms. The molecule has 1 heterocycles. The van der Waals surface area contributed by atoms with Crippen molar-refractivity contribution < 1.29 is 4.92 Å². The number of nitro benzene ring substituents is 1. The number of halogens is 2. The highest BCUT2D eigenvalue weighted by molar-refractivity contribution is 6.37. The highest BCUT2D eigenvalue weighted by Crippen LogP contribution is 2.29. The average molecular weight is 438 g/mol. The molecule has 0 atom stereocenters. The number of hydrogen-bond donors (Lipinski definition) is 0. The van der Waals surface area contributed by atoms with Gasteiger partial charge in [0.1, 0.15) is 5.82 Å². The molecule has 0 spiro atoms. The van der Waals surface area contributed by atoms with Crippen LogP contribution in [-0.2, 0) is 0 Å². The Morgan fingerprint density at radius 1 is 0.933 bits per heavy atom. The van der Waals surface area contributed by atoms with Crippen molar-refractivity contribution in [2.24, 2.45) is 0 Å². The first-order valence-corrected chi connectivity index (χ1v) is 9.60. The molecule has 6 nitrogen and oxygen atoms in total. The zero-order valence-corrected chi connectivity index (χ0v) is 16.8. The first-order valence-electron chi connectivity index (χ1n) is 8.84. The highest BCUT2D eigenvalue weighted by Gasteiger charge is 2.16. The molecule has 0 aliphatic rings. The SMILES string of the molecule is O=c1c2ccccc2nc(/C=C/c2cccc([N+](=O)[O-])c2)n1-c1c(Cl)cccc1Cl. The Kier molecular flexibility index (Phi) is 5.35. The van der Waals surface area contributed by atoms with Crippen LogP contribution in [0.1, 0.15) is 11.4 Å². The Bertz CT molecular complexity index is 1360. The Hall–Kier alpha value is -3.48. The van der Waals surface area contributed by atoms with Gasteiger partial charge in [0.2, 0.25) is 0 Å². The van der Waals surface area contributed by atoms with Crippen LogP contribution in [0.5, 0.6) is 0 Å². The van der Waals surface area contributed by atoms with Crippen molar-refractivity contribution >= 4 is 51.9 Å². The number of hydrogen-bond acceptors (Lipinski definition) is 4. The predicted octanol–water partition coefficient (Wildman–Crippen LogP) is 5.77.